The third kappa shape index (κ3) is 5.85. The number of pyridine rings is 1. The summed E-state index contributed by atoms with van der Waals surface area (Å²) in [6.45, 7) is 3.66. The van der Waals surface area contributed by atoms with Crippen LogP contribution in [0.4, 0.5) is 11.8 Å². The van der Waals surface area contributed by atoms with Gasteiger partial charge in [-0.2, -0.15) is 4.98 Å². The van der Waals surface area contributed by atoms with E-state index >= 15 is 0 Å². The van der Waals surface area contributed by atoms with Crippen LogP contribution in [0, 0.1) is 6.92 Å². The minimum absolute atomic E-state index is 0.520. The Labute approximate surface area is 158 Å². The molecule has 0 amide bonds. The Balaban J connectivity index is 1.48. The lowest BCUT2D eigenvalue weighted by atomic mass is 10.3. The highest BCUT2D eigenvalue weighted by atomic mass is 16.5. The molecule has 0 spiro atoms. The number of rotatable bonds is 9. The Morgan fingerprint density at radius 3 is 2.52 bits per heavy atom. The average molecular weight is 365 g/mol. The maximum Gasteiger partial charge on any atom is 0.225 e. The monoisotopic (exact) mass is 365 g/mol. The van der Waals surface area contributed by atoms with Crippen LogP contribution >= 0.6 is 0 Å². The molecule has 1 aromatic carbocycles. The van der Waals surface area contributed by atoms with Crippen LogP contribution in [0.5, 0.6) is 11.5 Å². The van der Waals surface area contributed by atoms with Crippen molar-refractivity contribution >= 4 is 11.8 Å². The summed E-state index contributed by atoms with van der Waals surface area (Å²) in [5.74, 6) is 2.93. The summed E-state index contributed by atoms with van der Waals surface area (Å²) in [7, 11) is 1.64. The molecular weight excluding hydrogens is 342 g/mol. The Morgan fingerprint density at radius 1 is 0.963 bits per heavy atom. The van der Waals surface area contributed by atoms with Gasteiger partial charge in [0.1, 0.15) is 23.9 Å². The molecule has 0 radical (unpaired) electrons. The Morgan fingerprint density at radius 2 is 1.78 bits per heavy atom. The maximum absolute atomic E-state index is 5.71. The summed E-state index contributed by atoms with van der Waals surface area (Å²) < 4.78 is 10.8. The fraction of sp³-hybridized carbons (Fsp3) is 0.250. The molecule has 2 N–H and O–H groups in total. The number of hydrogen-bond donors (Lipinski definition) is 2. The zero-order chi connectivity index (χ0) is 18.9. The molecule has 0 aliphatic carbocycles. The molecule has 0 bridgehead atoms. The van der Waals surface area contributed by atoms with Crippen LogP contribution in [0.25, 0.3) is 0 Å². The Hall–Kier alpha value is -3.35. The predicted octanol–water partition coefficient (Wildman–Crippen LogP) is 3.29. The van der Waals surface area contributed by atoms with Crippen molar-refractivity contribution in [3.63, 3.8) is 0 Å². The minimum atomic E-state index is 0.520. The lowest BCUT2D eigenvalue weighted by Gasteiger charge is -2.11. The van der Waals surface area contributed by atoms with E-state index in [1.165, 1.54) is 0 Å². The van der Waals surface area contributed by atoms with E-state index in [1.54, 1.807) is 13.3 Å². The molecule has 140 valence electrons. The van der Waals surface area contributed by atoms with Gasteiger partial charge in [-0.3, -0.25) is 4.98 Å². The largest absolute Gasteiger partial charge is 0.497 e. The molecule has 7 heteroatoms. The van der Waals surface area contributed by atoms with Crippen molar-refractivity contribution in [2.75, 3.05) is 30.9 Å². The number of anilines is 2. The molecule has 3 rings (SSSR count). The first-order valence-corrected chi connectivity index (χ1v) is 8.73. The molecule has 0 fully saturated rings. The summed E-state index contributed by atoms with van der Waals surface area (Å²) in [6, 6.07) is 15.2. The Kier molecular flexibility index (Phi) is 6.40. The number of aryl methyl sites for hydroxylation is 1. The van der Waals surface area contributed by atoms with Crippen molar-refractivity contribution < 1.29 is 9.47 Å². The zero-order valence-electron chi connectivity index (χ0n) is 15.5. The number of nitrogens with one attached hydrogen (secondary N) is 2. The van der Waals surface area contributed by atoms with Gasteiger partial charge in [0, 0.05) is 18.0 Å². The van der Waals surface area contributed by atoms with Gasteiger partial charge in [0.25, 0.3) is 0 Å². The van der Waals surface area contributed by atoms with E-state index in [9.17, 15) is 0 Å². The second kappa shape index (κ2) is 9.38. The predicted molar refractivity (Wildman–Crippen MR) is 105 cm³/mol. The fourth-order valence-electron chi connectivity index (χ4n) is 2.43. The molecule has 2 heterocycles. The van der Waals surface area contributed by atoms with E-state index in [-0.39, 0.29) is 0 Å². The highest BCUT2D eigenvalue weighted by Crippen LogP contribution is 2.17. The smallest absolute Gasteiger partial charge is 0.225 e. The molecule has 7 nitrogen and oxygen atoms in total. The van der Waals surface area contributed by atoms with Crippen LogP contribution in [0.15, 0.2) is 54.7 Å². The summed E-state index contributed by atoms with van der Waals surface area (Å²) in [4.78, 5) is 13.2. The molecule has 0 unspecified atom stereocenters. The van der Waals surface area contributed by atoms with Crippen LogP contribution in [0.1, 0.15) is 11.4 Å². The lowest BCUT2D eigenvalue weighted by Crippen LogP contribution is -2.14. The number of nitrogens with zero attached hydrogens (tertiary/aromatic N) is 3. The number of methoxy groups -OCH3 is 1. The van der Waals surface area contributed by atoms with Gasteiger partial charge in [0.15, 0.2) is 0 Å². The first-order chi connectivity index (χ1) is 13.2. The van der Waals surface area contributed by atoms with Gasteiger partial charge in [0.2, 0.25) is 5.95 Å². The first-order valence-electron chi connectivity index (χ1n) is 8.73. The van der Waals surface area contributed by atoms with Crippen LogP contribution in [-0.2, 0) is 6.54 Å². The van der Waals surface area contributed by atoms with Gasteiger partial charge in [0.05, 0.1) is 25.9 Å². The van der Waals surface area contributed by atoms with E-state index in [1.807, 2.05) is 55.5 Å². The summed E-state index contributed by atoms with van der Waals surface area (Å²) >= 11 is 0. The van der Waals surface area contributed by atoms with E-state index in [0.717, 1.165) is 28.7 Å². The second-order valence-electron chi connectivity index (χ2n) is 5.84. The van der Waals surface area contributed by atoms with Crippen LogP contribution in [0.3, 0.4) is 0 Å². The molecular formula is C20H23N5O2. The van der Waals surface area contributed by atoms with Crippen LogP contribution in [-0.4, -0.2) is 35.2 Å². The van der Waals surface area contributed by atoms with Crippen LogP contribution < -0.4 is 20.1 Å². The van der Waals surface area contributed by atoms with Gasteiger partial charge in [-0.05, 0) is 43.3 Å². The summed E-state index contributed by atoms with van der Waals surface area (Å²) in [5.41, 5.74) is 1.82. The molecule has 27 heavy (non-hydrogen) atoms. The van der Waals surface area contributed by atoms with Crippen molar-refractivity contribution in [2.45, 2.75) is 13.5 Å². The van der Waals surface area contributed by atoms with Crippen molar-refractivity contribution in [1.82, 2.24) is 15.0 Å². The average Bonchev–Trinajstić information content (AvgIpc) is 2.70. The third-order valence-corrected chi connectivity index (χ3v) is 3.74. The molecule has 3 aromatic rings. The van der Waals surface area contributed by atoms with E-state index in [2.05, 4.69) is 25.6 Å². The quantitative estimate of drug-likeness (QED) is 0.563. The van der Waals surface area contributed by atoms with Gasteiger partial charge < -0.3 is 20.1 Å². The van der Waals surface area contributed by atoms with Gasteiger partial charge >= 0.3 is 0 Å². The van der Waals surface area contributed by atoms with E-state index in [0.29, 0.717) is 25.6 Å². The third-order valence-electron chi connectivity index (χ3n) is 3.74. The van der Waals surface area contributed by atoms with Crippen molar-refractivity contribution in [3.8, 4) is 11.5 Å². The summed E-state index contributed by atoms with van der Waals surface area (Å²) in [6.07, 6.45) is 1.77. The number of ether oxygens (including phenoxy) is 2. The molecule has 0 atom stereocenters. The van der Waals surface area contributed by atoms with E-state index in [4.69, 9.17) is 9.47 Å². The minimum Gasteiger partial charge on any atom is -0.497 e. The number of aromatic nitrogens is 3. The molecule has 0 saturated heterocycles. The highest BCUT2D eigenvalue weighted by Gasteiger charge is 2.03. The van der Waals surface area contributed by atoms with Crippen LogP contribution in [0.2, 0.25) is 0 Å². The van der Waals surface area contributed by atoms with Crippen molar-refractivity contribution in [3.05, 3.63) is 66.1 Å². The molecule has 0 aliphatic heterocycles. The van der Waals surface area contributed by atoms with Gasteiger partial charge in [-0.15, -0.1) is 0 Å². The molecule has 0 aliphatic rings. The zero-order valence-corrected chi connectivity index (χ0v) is 15.5. The van der Waals surface area contributed by atoms with E-state index < -0.39 is 0 Å². The first kappa shape index (κ1) is 18.4. The highest BCUT2D eigenvalue weighted by molar-refractivity contribution is 5.42. The lowest BCUT2D eigenvalue weighted by molar-refractivity contribution is 0.331. The maximum atomic E-state index is 5.71. The van der Waals surface area contributed by atoms with Crippen molar-refractivity contribution in [2.24, 2.45) is 0 Å². The number of benzene rings is 1. The summed E-state index contributed by atoms with van der Waals surface area (Å²) in [5, 5.41) is 6.46. The number of hydrogen-bond acceptors (Lipinski definition) is 7. The second-order valence-corrected chi connectivity index (χ2v) is 5.84. The fourth-order valence-corrected chi connectivity index (χ4v) is 2.43. The molecule has 0 saturated carbocycles. The van der Waals surface area contributed by atoms with Gasteiger partial charge in [-0.1, -0.05) is 6.07 Å². The topological polar surface area (TPSA) is 81.2 Å². The standard InChI is InChI=1S/C20H23N5O2/c1-15-13-19(22-11-12-27-18-8-6-17(26-2)7-9-18)25-20(24-15)23-14-16-5-3-4-10-21-16/h3-10,13H,11-12,14H2,1-2H3,(H2,22,23,24,25). The normalized spacial score (nSPS) is 10.3. The Bertz CT molecular complexity index is 841. The van der Waals surface area contributed by atoms with Crippen molar-refractivity contribution in [1.29, 1.82) is 0 Å². The molecule has 2 aromatic heterocycles. The SMILES string of the molecule is COc1ccc(OCCNc2cc(C)nc(NCc3ccccn3)n2)cc1. The van der Waals surface area contributed by atoms with Gasteiger partial charge in [-0.25, -0.2) is 4.98 Å².